The lowest BCUT2D eigenvalue weighted by atomic mass is 9.79. The molecule has 0 spiro atoms. The standard InChI is InChI=1S/C19H36N2/c1-16-8-5-6-14-21(17(16)2)15-11-19(3,4)18-9-7-12-20-13-10-18/h9,16-17,20H,5-8,10-15H2,1-4H3/t16-,17-/m0/s1. The predicted molar refractivity (Wildman–Crippen MR) is 92.6 cm³/mol. The van der Waals surface area contributed by atoms with E-state index in [0.717, 1.165) is 25.0 Å². The summed E-state index contributed by atoms with van der Waals surface area (Å²) in [6, 6.07) is 0.757. The zero-order valence-electron chi connectivity index (χ0n) is 14.8. The smallest absolute Gasteiger partial charge is 0.00925 e. The third kappa shape index (κ3) is 4.82. The number of nitrogens with one attached hydrogen (secondary N) is 1. The molecule has 2 rings (SSSR count). The quantitative estimate of drug-likeness (QED) is 0.780. The van der Waals surface area contributed by atoms with Crippen LogP contribution in [0.15, 0.2) is 11.6 Å². The highest BCUT2D eigenvalue weighted by atomic mass is 15.2. The summed E-state index contributed by atoms with van der Waals surface area (Å²) in [5.41, 5.74) is 2.05. The van der Waals surface area contributed by atoms with Crippen LogP contribution in [0.1, 0.15) is 66.2 Å². The first-order chi connectivity index (χ1) is 10.0. The van der Waals surface area contributed by atoms with E-state index in [4.69, 9.17) is 0 Å². The minimum absolute atomic E-state index is 0.362. The Morgan fingerprint density at radius 1 is 1.24 bits per heavy atom. The molecule has 0 radical (unpaired) electrons. The molecule has 0 amide bonds. The number of likely N-dealkylation sites (tertiary alicyclic amines) is 1. The van der Waals surface area contributed by atoms with E-state index in [0.29, 0.717) is 5.41 Å². The molecule has 0 bridgehead atoms. The second-order valence-electron chi connectivity index (χ2n) is 7.90. The van der Waals surface area contributed by atoms with Crippen LogP contribution in [0.25, 0.3) is 0 Å². The molecule has 0 aromatic carbocycles. The largest absolute Gasteiger partial charge is 0.316 e. The van der Waals surface area contributed by atoms with Gasteiger partial charge in [-0.15, -0.1) is 0 Å². The first kappa shape index (κ1) is 17.0. The van der Waals surface area contributed by atoms with E-state index in [1.54, 1.807) is 5.57 Å². The molecular formula is C19H36N2. The lowest BCUT2D eigenvalue weighted by molar-refractivity contribution is 0.157. The number of rotatable bonds is 4. The van der Waals surface area contributed by atoms with Crippen molar-refractivity contribution in [3.8, 4) is 0 Å². The Hall–Kier alpha value is -0.340. The Bertz CT molecular complexity index is 345. The van der Waals surface area contributed by atoms with Gasteiger partial charge in [-0.3, -0.25) is 0 Å². The van der Waals surface area contributed by atoms with Crippen LogP contribution in [0.3, 0.4) is 0 Å². The van der Waals surface area contributed by atoms with E-state index >= 15 is 0 Å². The Kier molecular flexibility index (Phi) is 6.31. The molecule has 122 valence electrons. The molecule has 21 heavy (non-hydrogen) atoms. The van der Waals surface area contributed by atoms with Crippen molar-refractivity contribution in [3.05, 3.63) is 11.6 Å². The van der Waals surface area contributed by atoms with Gasteiger partial charge in [0.2, 0.25) is 0 Å². The van der Waals surface area contributed by atoms with Gasteiger partial charge in [0, 0.05) is 6.04 Å². The topological polar surface area (TPSA) is 15.3 Å². The lowest BCUT2D eigenvalue weighted by Crippen LogP contribution is -2.39. The molecule has 2 atom stereocenters. The predicted octanol–water partition coefficient (Wildman–Crippen LogP) is 4.22. The van der Waals surface area contributed by atoms with Crippen molar-refractivity contribution in [2.45, 2.75) is 72.3 Å². The van der Waals surface area contributed by atoms with Gasteiger partial charge in [-0.05, 0) is 76.5 Å². The van der Waals surface area contributed by atoms with Gasteiger partial charge in [0.1, 0.15) is 0 Å². The maximum Gasteiger partial charge on any atom is 0.00925 e. The molecule has 2 nitrogen and oxygen atoms in total. The summed E-state index contributed by atoms with van der Waals surface area (Å²) in [5, 5.41) is 3.51. The molecule has 1 fully saturated rings. The maximum atomic E-state index is 3.51. The molecule has 0 aliphatic carbocycles. The van der Waals surface area contributed by atoms with Crippen LogP contribution in [-0.2, 0) is 0 Å². The minimum atomic E-state index is 0.362. The molecule has 2 heteroatoms. The van der Waals surface area contributed by atoms with Crippen molar-refractivity contribution in [3.63, 3.8) is 0 Å². The fourth-order valence-electron chi connectivity index (χ4n) is 3.90. The average molecular weight is 293 g/mol. The van der Waals surface area contributed by atoms with Gasteiger partial charge in [0.15, 0.2) is 0 Å². The summed E-state index contributed by atoms with van der Waals surface area (Å²) in [6.07, 6.45) is 10.5. The molecule has 2 aliphatic heterocycles. The van der Waals surface area contributed by atoms with E-state index in [9.17, 15) is 0 Å². The van der Waals surface area contributed by atoms with E-state index in [1.165, 1.54) is 51.6 Å². The SMILES string of the molecule is C[C@H]1CCCCN(CCC(C)(C)C2=CCCNCC2)[C@H]1C. The van der Waals surface area contributed by atoms with Crippen LogP contribution < -0.4 is 5.32 Å². The highest BCUT2D eigenvalue weighted by Gasteiger charge is 2.27. The molecule has 0 unspecified atom stereocenters. The highest BCUT2D eigenvalue weighted by molar-refractivity contribution is 5.14. The molecule has 0 saturated carbocycles. The summed E-state index contributed by atoms with van der Waals surface area (Å²) < 4.78 is 0. The van der Waals surface area contributed by atoms with E-state index < -0.39 is 0 Å². The highest BCUT2D eigenvalue weighted by Crippen LogP contribution is 2.34. The van der Waals surface area contributed by atoms with Crippen LogP contribution in [0.4, 0.5) is 0 Å². The first-order valence-corrected chi connectivity index (χ1v) is 9.15. The fourth-order valence-corrected chi connectivity index (χ4v) is 3.90. The fraction of sp³-hybridized carbons (Fsp3) is 0.895. The molecule has 1 N–H and O–H groups in total. The van der Waals surface area contributed by atoms with Crippen LogP contribution >= 0.6 is 0 Å². The summed E-state index contributed by atoms with van der Waals surface area (Å²) in [5.74, 6) is 0.858. The van der Waals surface area contributed by atoms with Crippen LogP contribution in [0.5, 0.6) is 0 Å². The van der Waals surface area contributed by atoms with Crippen molar-refractivity contribution >= 4 is 0 Å². The molecular weight excluding hydrogens is 256 g/mol. The Balaban J connectivity index is 1.91. The molecule has 0 aromatic rings. The second kappa shape index (κ2) is 7.78. The summed E-state index contributed by atoms with van der Waals surface area (Å²) in [7, 11) is 0. The monoisotopic (exact) mass is 292 g/mol. The third-order valence-corrected chi connectivity index (χ3v) is 5.93. The van der Waals surface area contributed by atoms with Crippen LogP contribution in [0.2, 0.25) is 0 Å². The Morgan fingerprint density at radius 3 is 2.86 bits per heavy atom. The van der Waals surface area contributed by atoms with E-state index in [1.807, 2.05) is 0 Å². The molecule has 0 aromatic heterocycles. The third-order valence-electron chi connectivity index (χ3n) is 5.93. The first-order valence-electron chi connectivity index (χ1n) is 9.15. The van der Waals surface area contributed by atoms with Crippen LogP contribution in [-0.4, -0.2) is 37.1 Å². The molecule has 1 saturated heterocycles. The van der Waals surface area contributed by atoms with Crippen molar-refractivity contribution in [1.82, 2.24) is 10.2 Å². The zero-order chi connectivity index (χ0) is 15.3. The average Bonchev–Trinajstić information content (AvgIpc) is 2.81. The van der Waals surface area contributed by atoms with Gasteiger partial charge < -0.3 is 10.2 Å². The number of hydrogen-bond acceptors (Lipinski definition) is 2. The number of hydrogen-bond donors (Lipinski definition) is 1. The summed E-state index contributed by atoms with van der Waals surface area (Å²) >= 11 is 0. The zero-order valence-corrected chi connectivity index (χ0v) is 14.8. The van der Waals surface area contributed by atoms with Gasteiger partial charge >= 0.3 is 0 Å². The van der Waals surface area contributed by atoms with Gasteiger partial charge in [-0.25, -0.2) is 0 Å². The summed E-state index contributed by atoms with van der Waals surface area (Å²) in [4.78, 5) is 2.76. The molecule has 2 aliphatic rings. The Morgan fingerprint density at radius 2 is 2.05 bits per heavy atom. The van der Waals surface area contributed by atoms with E-state index in [-0.39, 0.29) is 0 Å². The number of nitrogens with zero attached hydrogens (tertiary/aromatic N) is 1. The normalized spacial score (nSPS) is 29.6. The van der Waals surface area contributed by atoms with Crippen molar-refractivity contribution in [1.29, 1.82) is 0 Å². The molecule has 2 heterocycles. The minimum Gasteiger partial charge on any atom is -0.316 e. The van der Waals surface area contributed by atoms with Crippen molar-refractivity contribution < 1.29 is 0 Å². The van der Waals surface area contributed by atoms with Gasteiger partial charge in [0.05, 0.1) is 0 Å². The summed E-state index contributed by atoms with van der Waals surface area (Å²) in [6.45, 7) is 14.7. The Labute approximate surface area is 132 Å². The maximum absolute atomic E-state index is 3.51. The van der Waals surface area contributed by atoms with Crippen molar-refractivity contribution in [2.24, 2.45) is 11.3 Å². The van der Waals surface area contributed by atoms with Gasteiger partial charge in [0.25, 0.3) is 0 Å². The van der Waals surface area contributed by atoms with Crippen LogP contribution in [0, 0.1) is 11.3 Å². The van der Waals surface area contributed by atoms with Crippen molar-refractivity contribution in [2.75, 3.05) is 26.2 Å². The van der Waals surface area contributed by atoms with E-state index in [2.05, 4.69) is 44.0 Å². The van der Waals surface area contributed by atoms with Gasteiger partial charge in [-0.2, -0.15) is 0 Å². The lowest BCUT2D eigenvalue weighted by Gasteiger charge is -2.35. The van der Waals surface area contributed by atoms with Gasteiger partial charge in [-0.1, -0.05) is 38.8 Å². The second-order valence-corrected chi connectivity index (χ2v) is 7.90.